The quantitative estimate of drug-likeness (QED) is 0.670. The number of aryl methyl sites for hydroxylation is 1. The Bertz CT molecular complexity index is 959. The zero-order chi connectivity index (χ0) is 19.1. The Balaban J connectivity index is 1.84. The molecule has 0 radical (unpaired) electrons. The number of rotatable bonds is 3. The van der Waals surface area contributed by atoms with Crippen molar-refractivity contribution in [1.29, 1.82) is 0 Å². The number of amides is 1. The van der Waals surface area contributed by atoms with E-state index in [1.807, 2.05) is 0 Å². The molecule has 3 aromatic rings. The molecule has 1 aromatic carbocycles. The fraction of sp³-hybridized carbons (Fsp3) is 0.133. The lowest BCUT2D eigenvalue weighted by Gasteiger charge is -2.02. The SMILES string of the molecule is Cn1nc(C(F)(F)F)cc1C(=O)Nc1cc(-c2c(F)cccc2Cl)[nH]n1. The Labute approximate surface area is 148 Å². The lowest BCUT2D eigenvalue weighted by Crippen LogP contribution is -2.16. The average molecular weight is 388 g/mol. The molecule has 0 aliphatic carbocycles. The normalized spacial score (nSPS) is 11.6. The molecule has 11 heteroatoms. The lowest BCUT2D eigenvalue weighted by atomic mass is 10.1. The highest BCUT2D eigenvalue weighted by Gasteiger charge is 2.35. The largest absolute Gasteiger partial charge is 0.435 e. The van der Waals surface area contributed by atoms with E-state index in [0.717, 1.165) is 4.68 Å². The van der Waals surface area contributed by atoms with E-state index >= 15 is 0 Å². The summed E-state index contributed by atoms with van der Waals surface area (Å²) in [7, 11) is 1.21. The van der Waals surface area contributed by atoms with Crippen molar-refractivity contribution >= 4 is 23.3 Å². The third kappa shape index (κ3) is 3.40. The first kappa shape index (κ1) is 17.9. The maximum Gasteiger partial charge on any atom is 0.435 e. The molecule has 136 valence electrons. The summed E-state index contributed by atoms with van der Waals surface area (Å²) in [6, 6.07) is 6.04. The van der Waals surface area contributed by atoms with Gasteiger partial charge < -0.3 is 5.32 Å². The lowest BCUT2D eigenvalue weighted by molar-refractivity contribution is -0.141. The Hall–Kier alpha value is -2.88. The van der Waals surface area contributed by atoms with Crippen LogP contribution >= 0.6 is 11.6 Å². The number of nitrogens with one attached hydrogen (secondary N) is 2. The highest BCUT2D eigenvalue weighted by atomic mass is 35.5. The number of H-pyrrole nitrogens is 1. The Morgan fingerprint density at radius 1 is 1.31 bits per heavy atom. The second-order valence-electron chi connectivity index (χ2n) is 5.25. The number of nitrogens with zero attached hydrogens (tertiary/aromatic N) is 3. The van der Waals surface area contributed by atoms with Gasteiger partial charge in [-0.05, 0) is 12.1 Å². The molecule has 6 nitrogen and oxygen atoms in total. The Kier molecular flexibility index (Phi) is 4.45. The summed E-state index contributed by atoms with van der Waals surface area (Å²) < 4.78 is 52.7. The molecule has 0 aliphatic heterocycles. The minimum atomic E-state index is -4.67. The zero-order valence-electron chi connectivity index (χ0n) is 13.0. The van der Waals surface area contributed by atoms with E-state index in [1.165, 1.54) is 31.3 Å². The van der Waals surface area contributed by atoms with Crippen molar-refractivity contribution in [2.45, 2.75) is 6.18 Å². The van der Waals surface area contributed by atoms with Crippen LogP contribution in [-0.2, 0) is 13.2 Å². The van der Waals surface area contributed by atoms with Crippen LogP contribution < -0.4 is 5.32 Å². The van der Waals surface area contributed by atoms with Gasteiger partial charge in [0.1, 0.15) is 11.5 Å². The molecule has 0 bridgehead atoms. The molecule has 1 amide bonds. The fourth-order valence-corrected chi connectivity index (χ4v) is 2.53. The van der Waals surface area contributed by atoms with Gasteiger partial charge in [-0.15, -0.1) is 0 Å². The van der Waals surface area contributed by atoms with Crippen LogP contribution in [0.1, 0.15) is 16.2 Å². The molecule has 0 aliphatic rings. The third-order valence-corrected chi connectivity index (χ3v) is 3.77. The number of hydrogen-bond donors (Lipinski definition) is 2. The predicted octanol–water partition coefficient (Wildman–Crippen LogP) is 3.87. The van der Waals surface area contributed by atoms with Crippen molar-refractivity contribution in [2.24, 2.45) is 7.05 Å². The number of aromatic amines is 1. The second kappa shape index (κ2) is 6.45. The summed E-state index contributed by atoms with van der Waals surface area (Å²) in [6.07, 6.45) is -4.67. The van der Waals surface area contributed by atoms with Crippen LogP contribution in [0.25, 0.3) is 11.3 Å². The van der Waals surface area contributed by atoms with Crippen molar-refractivity contribution in [3.63, 3.8) is 0 Å². The zero-order valence-corrected chi connectivity index (χ0v) is 13.8. The maximum absolute atomic E-state index is 13.9. The molecular formula is C15H10ClF4N5O. The molecule has 0 atom stereocenters. The van der Waals surface area contributed by atoms with Crippen LogP contribution in [-0.4, -0.2) is 25.9 Å². The van der Waals surface area contributed by atoms with Gasteiger partial charge in [0.05, 0.1) is 16.3 Å². The topological polar surface area (TPSA) is 75.6 Å². The summed E-state index contributed by atoms with van der Waals surface area (Å²) >= 11 is 5.95. The van der Waals surface area contributed by atoms with Crippen molar-refractivity contribution < 1.29 is 22.4 Å². The second-order valence-corrected chi connectivity index (χ2v) is 5.66. The van der Waals surface area contributed by atoms with Gasteiger partial charge in [-0.25, -0.2) is 4.39 Å². The van der Waals surface area contributed by atoms with Gasteiger partial charge in [0.2, 0.25) is 0 Å². The number of anilines is 1. The van der Waals surface area contributed by atoms with Crippen LogP contribution in [0.4, 0.5) is 23.4 Å². The van der Waals surface area contributed by atoms with Gasteiger partial charge in [0.15, 0.2) is 11.5 Å². The molecule has 0 unspecified atom stereocenters. The molecule has 0 spiro atoms. The number of carbonyl (C=O) groups excluding carboxylic acids is 1. The smallest absolute Gasteiger partial charge is 0.304 e. The standard InChI is InChI=1S/C15H10ClF4N5O/c1-25-10(6-11(24-25)15(18,19)20)14(26)21-12-5-9(22-23-12)13-7(16)3-2-4-8(13)17/h2-6H,1H3,(H2,21,22,23,26). The van der Waals surface area contributed by atoms with Gasteiger partial charge in [0, 0.05) is 19.2 Å². The highest BCUT2D eigenvalue weighted by Crippen LogP contribution is 2.31. The van der Waals surface area contributed by atoms with E-state index in [-0.39, 0.29) is 27.8 Å². The number of aromatic nitrogens is 4. The van der Waals surface area contributed by atoms with Crippen molar-refractivity contribution in [3.05, 3.63) is 52.6 Å². The summed E-state index contributed by atoms with van der Waals surface area (Å²) in [5.41, 5.74) is -1.25. The van der Waals surface area contributed by atoms with Crippen molar-refractivity contribution in [1.82, 2.24) is 20.0 Å². The summed E-state index contributed by atoms with van der Waals surface area (Å²) in [6.45, 7) is 0. The minimum Gasteiger partial charge on any atom is -0.304 e. The third-order valence-electron chi connectivity index (χ3n) is 3.45. The first-order valence-corrected chi connectivity index (χ1v) is 7.47. The van der Waals surface area contributed by atoms with Crippen molar-refractivity contribution in [2.75, 3.05) is 5.32 Å². The Morgan fingerprint density at radius 3 is 2.65 bits per heavy atom. The number of carbonyl (C=O) groups is 1. The summed E-state index contributed by atoms with van der Waals surface area (Å²) in [5.74, 6) is -1.47. The first-order valence-electron chi connectivity index (χ1n) is 7.09. The maximum atomic E-state index is 13.9. The molecule has 3 rings (SSSR count). The molecule has 2 N–H and O–H groups in total. The number of halogens is 5. The summed E-state index contributed by atoms with van der Waals surface area (Å²) in [5, 5.41) is 12.0. The number of alkyl halides is 3. The predicted molar refractivity (Wildman–Crippen MR) is 85.2 cm³/mol. The van der Waals surface area contributed by atoms with Gasteiger partial charge in [-0.3, -0.25) is 14.6 Å². The van der Waals surface area contributed by atoms with Crippen LogP contribution in [0.15, 0.2) is 30.3 Å². The fourth-order valence-electron chi connectivity index (χ4n) is 2.27. The summed E-state index contributed by atoms with van der Waals surface area (Å²) in [4.78, 5) is 12.2. The van der Waals surface area contributed by atoms with Crippen LogP contribution in [0.2, 0.25) is 5.02 Å². The van der Waals surface area contributed by atoms with E-state index in [1.54, 1.807) is 0 Å². The number of hydrogen-bond acceptors (Lipinski definition) is 3. The van der Waals surface area contributed by atoms with Crippen LogP contribution in [0.3, 0.4) is 0 Å². The van der Waals surface area contributed by atoms with E-state index in [9.17, 15) is 22.4 Å². The van der Waals surface area contributed by atoms with E-state index in [0.29, 0.717) is 6.07 Å². The van der Waals surface area contributed by atoms with Gasteiger partial charge in [-0.2, -0.15) is 23.4 Å². The molecule has 2 heterocycles. The van der Waals surface area contributed by atoms with Gasteiger partial charge in [0.25, 0.3) is 5.91 Å². The highest BCUT2D eigenvalue weighted by molar-refractivity contribution is 6.33. The average Bonchev–Trinajstić information content (AvgIpc) is 3.13. The van der Waals surface area contributed by atoms with Crippen LogP contribution in [0, 0.1) is 5.82 Å². The van der Waals surface area contributed by atoms with Gasteiger partial charge in [-0.1, -0.05) is 17.7 Å². The van der Waals surface area contributed by atoms with E-state index in [2.05, 4.69) is 20.6 Å². The van der Waals surface area contributed by atoms with E-state index in [4.69, 9.17) is 11.6 Å². The molecule has 26 heavy (non-hydrogen) atoms. The molecule has 0 saturated heterocycles. The van der Waals surface area contributed by atoms with Crippen LogP contribution in [0.5, 0.6) is 0 Å². The minimum absolute atomic E-state index is 0.0147. The first-order chi connectivity index (χ1) is 12.2. The monoisotopic (exact) mass is 387 g/mol. The Morgan fingerprint density at radius 2 is 2.04 bits per heavy atom. The van der Waals surface area contributed by atoms with Gasteiger partial charge >= 0.3 is 6.18 Å². The van der Waals surface area contributed by atoms with Crippen molar-refractivity contribution in [3.8, 4) is 11.3 Å². The molecular weight excluding hydrogens is 378 g/mol. The molecule has 0 fully saturated rings. The molecule has 2 aromatic heterocycles. The molecule has 0 saturated carbocycles. The number of benzene rings is 1. The van der Waals surface area contributed by atoms with E-state index < -0.39 is 23.6 Å².